The Kier molecular flexibility index (Phi) is 5.01. The maximum atomic E-state index is 5.70. The van der Waals surface area contributed by atoms with E-state index in [0.29, 0.717) is 0 Å². The quantitative estimate of drug-likeness (QED) is 0.680. The highest BCUT2D eigenvalue weighted by Gasteiger charge is 2.30. The third-order valence-corrected chi connectivity index (χ3v) is 4.88. The van der Waals surface area contributed by atoms with Crippen LogP contribution >= 0.6 is 12.2 Å². The largest absolute Gasteiger partial charge is 0.363 e. The van der Waals surface area contributed by atoms with Crippen LogP contribution in [0, 0.1) is 6.92 Å². The van der Waals surface area contributed by atoms with Crippen molar-refractivity contribution in [3.63, 3.8) is 0 Å². The van der Waals surface area contributed by atoms with Crippen molar-refractivity contribution in [1.82, 2.24) is 14.8 Å². The molecule has 4 heteroatoms. The predicted molar refractivity (Wildman–Crippen MR) is 99.7 cm³/mol. The molecule has 0 aliphatic carbocycles. The fourth-order valence-electron chi connectivity index (χ4n) is 3.18. The van der Waals surface area contributed by atoms with Gasteiger partial charge in [0.25, 0.3) is 0 Å². The first kappa shape index (κ1) is 16.1. The van der Waals surface area contributed by atoms with E-state index in [2.05, 4.69) is 71.2 Å². The molecule has 0 saturated heterocycles. The summed E-state index contributed by atoms with van der Waals surface area (Å²) >= 11 is 5.70. The summed E-state index contributed by atoms with van der Waals surface area (Å²) in [6.45, 7) is 7.21. The summed E-state index contributed by atoms with van der Waals surface area (Å²) in [5, 5.41) is 4.31. The zero-order chi connectivity index (χ0) is 16.2. The number of nitrogens with one attached hydrogen (secondary N) is 1. The molecule has 3 nitrogen and oxygen atoms in total. The highest BCUT2D eigenvalue weighted by molar-refractivity contribution is 7.80. The van der Waals surface area contributed by atoms with Gasteiger partial charge in [-0.3, -0.25) is 0 Å². The molecule has 0 saturated carbocycles. The number of hydrogen-bond donors (Lipinski definition) is 1. The Morgan fingerprint density at radius 2 is 2.00 bits per heavy atom. The molecule has 0 spiro atoms. The molecule has 0 bridgehead atoms. The van der Waals surface area contributed by atoms with Gasteiger partial charge >= 0.3 is 0 Å². The second kappa shape index (κ2) is 7.18. The van der Waals surface area contributed by atoms with Crippen LogP contribution in [0.3, 0.4) is 0 Å². The topological polar surface area (TPSA) is 20.2 Å². The SMILES string of the molecule is CCCCNC(=S)N1CCn2cccc2[C@H]1c1ccc(C)cc1. The number of rotatable bonds is 4. The van der Waals surface area contributed by atoms with Gasteiger partial charge in [-0.05, 0) is 43.3 Å². The Morgan fingerprint density at radius 1 is 1.22 bits per heavy atom. The summed E-state index contributed by atoms with van der Waals surface area (Å²) in [5.41, 5.74) is 3.91. The Bertz CT molecular complexity index is 660. The predicted octanol–water partition coefficient (Wildman–Crippen LogP) is 3.88. The molecule has 1 aliphatic rings. The molecule has 2 aromatic rings. The minimum absolute atomic E-state index is 0.195. The maximum absolute atomic E-state index is 5.70. The van der Waals surface area contributed by atoms with E-state index in [1.807, 2.05) is 0 Å². The Labute approximate surface area is 144 Å². The highest BCUT2D eigenvalue weighted by Crippen LogP contribution is 2.32. The molecule has 3 rings (SSSR count). The van der Waals surface area contributed by atoms with E-state index in [-0.39, 0.29) is 6.04 Å². The minimum Gasteiger partial charge on any atom is -0.363 e. The molecular weight excluding hydrogens is 302 g/mol. The van der Waals surface area contributed by atoms with Crippen molar-refractivity contribution in [1.29, 1.82) is 0 Å². The standard InChI is InChI=1S/C19H25N3S/c1-3-4-11-20-19(23)22-14-13-21-12-5-6-17(21)18(22)16-9-7-15(2)8-10-16/h5-10,12,18H,3-4,11,13-14H2,1-2H3,(H,20,23)/t18-/m1/s1. The van der Waals surface area contributed by atoms with Gasteiger partial charge in [-0.1, -0.05) is 43.2 Å². The fraction of sp³-hybridized carbons (Fsp3) is 0.421. The van der Waals surface area contributed by atoms with Crippen LogP contribution in [0.5, 0.6) is 0 Å². The van der Waals surface area contributed by atoms with E-state index in [1.165, 1.54) is 23.2 Å². The number of hydrogen-bond acceptors (Lipinski definition) is 1. The van der Waals surface area contributed by atoms with Crippen molar-refractivity contribution in [3.8, 4) is 0 Å². The van der Waals surface area contributed by atoms with Gasteiger partial charge in [0.1, 0.15) is 0 Å². The van der Waals surface area contributed by atoms with Crippen LogP contribution in [0.2, 0.25) is 0 Å². The van der Waals surface area contributed by atoms with Crippen LogP contribution < -0.4 is 5.32 Å². The second-order valence-corrected chi connectivity index (χ2v) is 6.61. The first-order valence-corrected chi connectivity index (χ1v) is 8.87. The number of thiocarbonyl (C=S) groups is 1. The van der Waals surface area contributed by atoms with Gasteiger partial charge in [0, 0.05) is 31.5 Å². The van der Waals surface area contributed by atoms with Gasteiger partial charge in [0.05, 0.1) is 6.04 Å². The average molecular weight is 327 g/mol. The molecule has 23 heavy (non-hydrogen) atoms. The first-order valence-electron chi connectivity index (χ1n) is 8.46. The van der Waals surface area contributed by atoms with Crippen molar-refractivity contribution in [2.45, 2.75) is 39.3 Å². The van der Waals surface area contributed by atoms with Gasteiger partial charge in [0.2, 0.25) is 0 Å². The number of aryl methyl sites for hydroxylation is 1. The molecule has 1 aliphatic heterocycles. The molecule has 0 radical (unpaired) electrons. The molecule has 1 aromatic heterocycles. The van der Waals surface area contributed by atoms with Gasteiger partial charge in [-0.25, -0.2) is 0 Å². The fourth-order valence-corrected chi connectivity index (χ4v) is 3.47. The van der Waals surface area contributed by atoms with Gasteiger partial charge < -0.3 is 14.8 Å². The first-order chi connectivity index (χ1) is 11.2. The number of aromatic nitrogens is 1. The van der Waals surface area contributed by atoms with Crippen LogP contribution in [-0.2, 0) is 6.54 Å². The van der Waals surface area contributed by atoms with Crippen LogP contribution in [0.4, 0.5) is 0 Å². The van der Waals surface area contributed by atoms with Crippen LogP contribution in [0.25, 0.3) is 0 Å². The van der Waals surface area contributed by atoms with Crippen molar-refractivity contribution in [3.05, 3.63) is 59.4 Å². The number of benzene rings is 1. The van der Waals surface area contributed by atoms with Crippen LogP contribution in [0.15, 0.2) is 42.6 Å². The number of unbranched alkanes of at least 4 members (excludes halogenated alkanes) is 1. The van der Waals surface area contributed by atoms with E-state index >= 15 is 0 Å². The summed E-state index contributed by atoms with van der Waals surface area (Å²) in [6, 6.07) is 13.4. The lowest BCUT2D eigenvalue weighted by Gasteiger charge is -2.39. The Morgan fingerprint density at radius 3 is 2.74 bits per heavy atom. The molecule has 122 valence electrons. The van der Waals surface area contributed by atoms with Crippen molar-refractivity contribution in [2.24, 2.45) is 0 Å². The molecule has 2 heterocycles. The lowest BCUT2D eigenvalue weighted by molar-refractivity contribution is 0.286. The summed E-state index contributed by atoms with van der Waals surface area (Å²) in [4.78, 5) is 2.34. The normalized spacial score (nSPS) is 17.0. The van der Waals surface area contributed by atoms with Gasteiger partial charge in [0.15, 0.2) is 5.11 Å². The third kappa shape index (κ3) is 3.42. The Balaban J connectivity index is 1.89. The maximum Gasteiger partial charge on any atom is 0.169 e. The van der Waals surface area contributed by atoms with Crippen LogP contribution in [0.1, 0.15) is 42.6 Å². The third-order valence-electron chi connectivity index (χ3n) is 4.50. The summed E-state index contributed by atoms with van der Waals surface area (Å²) in [6.07, 6.45) is 4.50. The van der Waals surface area contributed by atoms with E-state index in [4.69, 9.17) is 12.2 Å². The summed E-state index contributed by atoms with van der Waals surface area (Å²) in [7, 11) is 0. The Hall–Kier alpha value is -1.81. The highest BCUT2D eigenvalue weighted by atomic mass is 32.1. The lowest BCUT2D eigenvalue weighted by Crippen LogP contribution is -2.47. The number of nitrogens with zero attached hydrogens (tertiary/aromatic N) is 2. The molecule has 1 atom stereocenters. The van der Waals surface area contributed by atoms with Gasteiger partial charge in [-0.2, -0.15) is 0 Å². The van der Waals surface area contributed by atoms with Gasteiger partial charge in [-0.15, -0.1) is 0 Å². The van der Waals surface area contributed by atoms with E-state index in [9.17, 15) is 0 Å². The summed E-state index contributed by atoms with van der Waals surface area (Å²) in [5.74, 6) is 0. The zero-order valence-corrected chi connectivity index (χ0v) is 14.8. The monoisotopic (exact) mass is 327 g/mol. The number of fused-ring (bicyclic) bond motifs is 1. The van der Waals surface area contributed by atoms with E-state index < -0.39 is 0 Å². The summed E-state index contributed by atoms with van der Waals surface area (Å²) < 4.78 is 2.34. The van der Waals surface area contributed by atoms with Crippen molar-refractivity contribution >= 4 is 17.3 Å². The van der Waals surface area contributed by atoms with E-state index in [0.717, 1.165) is 31.2 Å². The molecule has 0 unspecified atom stereocenters. The molecule has 1 N–H and O–H groups in total. The minimum atomic E-state index is 0.195. The van der Waals surface area contributed by atoms with Crippen molar-refractivity contribution in [2.75, 3.05) is 13.1 Å². The molecule has 0 amide bonds. The van der Waals surface area contributed by atoms with Crippen LogP contribution in [-0.4, -0.2) is 27.7 Å². The lowest BCUT2D eigenvalue weighted by atomic mass is 9.99. The average Bonchev–Trinajstić information content (AvgIpc) is 3.03. The van der Waals surface area contributed by atoms with Crippen molar-refractivity contribution < 1.29 is 0 Å². The zero-order valence-electron chi connectivity index (χ0n) is 14.0. The molecule has 1 aromatic carbocycles. The smallest absolute Gasteiger partial charge is 0.169 e. The molecular formula is C19H25N3S. The molecule has 0 fully saturated rings. The second-order valence-electron chi connectivity index (χ2n) is 6.22. The van der Waals surface area contributed by atoms with E-state index in [1.54, 1.807) is 0 Å².